The molecule has 0 unspecified atom stereocenters. The van der Waals surface area contributed by atoms with Gasteiger partial charge < -0.3 is 14.8 Å². The van der Waals surface area contributed by atoms with E-state index in [1.165, 1.54) is 25.7 Å². The third-order valence-corrected chi connectivity index (χ3v) is 5.58. The lowest BCUT2D eigenvalue weighted by Crippen LogP contribution is -2.41. The van der Waals surface area contributed by atoms with Crippen molar-refractivity contribution in [2.45, 2.75) is 45.3 Å². The molecule has 1 amide bonds. The minimum Gasteiger partial charge on any atom is -0.493 e. The van der Waals surface area contributed by atoms with E-state index in [1.54, 1.807) is 36.4 Å². The second-order valence-electron chi connectivity index (χ2n) is 7.84. The zero-order chi connectivity index (χ0) is 22.2. The Hall–Kier alpha value is -3.33. The molecule has 3 rings (SSSR count). The zero-order valence-electron chi connectivity index (χ0n) is 17.9. The number of nitriles is 1. The molecule has 162 valence electrons. The summed E-state index contributed by atoms with van der Waals surface area (Å²) in [6.45, 7) is 2.32. The number of nitrogens with zero attached hydrogens (tertiary/aromatic N) is 1. The van der Waals surface area contributed by atoms with E-state index in [0.717, 1.165) is 19.3 Å². The molecule has 1 N–H and O–H groups in total. The van der Waals surface area contributed by atoms with Gasteiger partial charge >= 0.3 is 0 Å². The fraction of sp³-hybridized carbons (Fsp3) is 0.360. The van der Waals surface area contributed by atoms with Crippen molar-refractivity contribution in [2.24, 2.45) is 5.92 Å². The van der Waals surface area contributed by atoms with Crippen molar-refractivity contribution in [1.29, 1.82) is 5.26 Å². The van der Waals surface area contributed by atoms with Crippen LogP contribution in [0.2, 0.25) is 0 Å². The molecule has 5 nitrogen and oxygen atoms in total. The number of amides is 1. The van der Waals surface area contributed by atoms with Gasteiger partial charge in [0.1, 0.15) is 24.1 Å². The van der Waals surface area contributed by atoms with Crippen LogP contribution in [0.1, 0.15) is 43.7 Å². The lowest BCUT2D eigenvalue weighted by Gasteiger charge is -2.29. The van der Waals surface area contributed by atoms with Crippen LogP contribution >= 0.6 is 0 Å². The van der Waals surface area contributed by atoms with E-state index in [4.69, 9.17) is 9.47 Å². The van der Waals surface area contributed by atoms with Gasteiger partial charge in [0.2, 0.25) is 0 Å². The highest BCUT2D eigenvalue weighted by Gasteiger charge is 2.24. The van der Waals surface area contributed by atoms with E-state index in [-0.39, 0.29) is 29.9 Å². The largest absolute Gasteiger partial charge is 0.493 e. The van der Waals surface area contributed by atoms with Crippen LogP contribution in [0.25, 0.3) is 6.08 Å². The summed E-state index contributed by atoms with van der Waals surface area (Å²) in [5.74, 6) is 0.684. The molecule has 1 aliphatic rings. The Morgan fingerprint density at radius 3 is 2.74 bits per heavy atom. The first-order valence-electron chi connectivity index (χ1n) is 10.5. The summed E-state index contributed by atoms with van der Waals surface area (Å²) in [7, 11) is 1.51. The Balaban J connectivity index is 1.71. The van der Waals surface area contributed by atoms with Crippen molar-refractivity contribution >= 4 is 12.0 Å². The predicted octanol–water partition coefficient (Wildman–Crippen LogP) is 5.02. The van der Waals surface area contributed by atoms with Gasteiger partial charge in [-0.2, -0.15) is 5.26 Å². The summed E-state index contributed by atoms with van der Waals surface area (Å²) in [6, 6.07) is 13.5. The average molecular weight is 423 g/mol. The third kappa shape index (κ3) is 6.08. The normalized spacial score (nSPS) is 18.7. The Morgan fingerprint density at radius 2 is 2.03 bits per heavy atom. The summed E-state index contributed by atoms with van der Waals surface area (Å²) in [4.78, 5) is 12.6. The van der Waals surface area contributed by atoms with Crippen LogP contribution in [0.15, 0.2) is 48.0 Å². The van der Waals surface area contributed by atoms with Gasteiger partial charge in [-0.05, 0) is 60.2 Å². The van der Waals surface area contributed by atoms with Crippen molar-refractivity contribution in [3.05, 3.63) is 65.0 Å². The van der Waals surface area contributed by atoms with Gasteiger partial charge in [0, 0.05) is 6.04 Å². The monoisotopic (exact) mass is 422 g/mol. The van der Waals surface area contributed by atoms with Crippen LogP contribution in [-0.2, 0) is 11.4 Å². The maximum Gasteiger partial charge on any atom is 0.262 e. The minimum absolute atomic E-state index is 0.0493. The van der Waals surface area contributed by atoms with Gasteiger partial charge in [-0.3, -0.25) is 4.79 Å². The van der Waals surface area contributed by atoms with E-state index >= 15 is 0 Å². The number of halogens is 1. The maximum atomic E-state index is 13.3. The van der Waals surface area contributed by atoms with Gasteiger partial charge in [-0.25, -0.2) is 4.39 Å². The molecule has 0 spiro atoms. The Labute approximate surface area is 182 Å². The molecular weight excluding hydrogens is 395 g/mol. The number of methoxy groups -OCH3 is 1. The molecule has 1 saturated carbocycles. The highest BCUT2D eigenvalue weighted by Crippen LogP contribution is 2.30. The number of ether oxygens (including phenoxy) is 2. The molecule has 2 atom stereocenters. The van der Waals surface area contributed by atoms with Crippen molar-refractivity contribution < 1.29 is 18.7 Å². The molecule has 6 heteroatoms. The second-order valence-corrected chi connectivity index (χ2v) is 7.84. The predicted molar refractivity (Wildman–Crippen MR) is 117 cm³/mol. The minimum atomic E-state index is -0.355. The fourth-order valence-corrected chi connectivity index (χ4v) is 3.77. The first-order chi connectivity index (χ1) is 15.0. The Morgan fingerprint density at radius 1 is 1.23 bits per heavy atom. The second kappa shape index (κ2) is 10.6. The maximum absolute atomic E-state index is 13.3. The zero-order valence-corrected chi connectivity index (χ0v) is 17.9. The van der Waals surface area contributed by atoms with Gasteiger partial charge in [0.05, 0.1) is 7.11 Å². The van der Waals surface area contributed by atoms with E-state index in [1.807, 2.05) is 6.07 Å². The van der Waals surface area contributed by atoms with Crippen LogP contribution in [0, 0.1) is 23.1 Å². The number of nitrogens with one attached hydrogen (secondary N) is 1. The number of rotatable bonds is 7. The lowest BCUT2D eigenvalue weighted by atomic mass is 9.86. The molecule has 0 aliphatic heterocycles. The van der Waals surface area contributed by atoms with Crippen LogP contribution in [0.5, 0.6) is 11.5 Å². The third-order valence-electron chi connectivity index (χ3n) is 5.58. The molecular formula is C25H27FN2O3. The molecule has 2 aromatic carbocycles. The van der Waals surface area contributed by atoms with Crippen LogP contribution < -0.4 is 14.8 Å². The summed E-state index contributed by atoms with van der Waals surface area (Å²) in [6.07, 6.45) is 5.85. The number of carbonyl (C=O) groups excluding carboxylic acids is 1. The van der Waals surface area contributed by atoms with E-state index in [9.17, 15) is 14.4 Å². The first-order valence-corrected chi connectivity index (χ1v) is 10.5. The number of hydrogen-bond donors (Lipinski definition) is 1. The number of benzene rings is 2. The van der Waals surface area contributed by atoms with Crippen molar-refractivity contribution in [3.8, 4) is 17.6 Å². The smallest absolute Gasteiger partial charge is 0.262 e. The quantitative estimate of drug-likeness (QED) is 0.503. The molecule has 31 heavy (non-hydrogen) atoms. The number of hydrogen-bond acceptors (Lipinski definition) is 4. The van der Waals surface area contributed by atoms with Crippen molar-refractivity contribution in [2.75, 3.05) is 7.11 Å². The number of carbonyl (C=O) groups is 1. The summed E-state index contributed by atoms with van der Waals surface area (Å²) in [5, 5.41) is 12.5. The van der Waals surface area contributed by atoms with Crippen molar-refractivity contribution in [3.63, 3.8) is 0 Å². The SMILES string of the molecule is COc1cc(/C=C(\C#N)C(=O)N[C@@H]2CCCC[C@@H]2C)ccc1OCc1cccc(F)c1. The van der Waals surface area contributed by atoms with Crippen LogP contribution in [0.3, 0.4) is 0 Å². The molecule has 0 saturated heterocycles. The Kier molecular flexibility index (Phi) is 7.66. The molecule has 1 aliphatic carbocycles. The fourth-order valence-electron chi connectivity index (χ4n) is 3.77. The first kappa shape index (κ1) is 22.4. The standard InChI is InChI=1S/C25H27FN2O3/c1-17-6-3-4-9-22(17)28-25(29)20(15-27)12-18-10-11-23(24(14-18)30-2)31-16-19-7-5-8-21(26)13-19/h5,7-8,10-14,17,22H,3-4,6,9,16H2,1-2H3,(H,28,29)/b20-12+/t17-,22+/m0/s1. The highest BCUT2D eigenvalue weighted by molar-refractivity contribution is 6.01. The molecule has 1 fully saturated rings. The van der Waals surface area contributed by atoms with E-state index in [2.05, 4.69) is 12.2 Å². The molecule has 2 aromatic rings. The molecule has 0 bridgehead atoms. The van der Waals surface area contributed by atoms with Crippen molar-refractivity contribution in [1.82, 2.24) is 5.32 Å². The summed E-state index contributed by atoms with van der Waals surface area (Å²) < 4.78 is 24.5. The summed E-state index contributed by atoms with van der Waals surface area (Å²) in [5.41, 5.74) is 1.40. The van der Waals surface area contributed by atoms with E-state index in [0.29, 0.717) is 28.5 Å². The van der Waals surface area contributed by atoms with Gasteiger partial charge in [-0.15, -0.1) is 0 Å². The van der Waals surface area contributed by atoms with Crippen LogP contribution in [0.4, 0.5) is 4.39 Å². The molecule has 0 radical (unpaired) electrons. The average Bonchev–Trinajstić information content (AvgIpc) is 2.77. The van der Waals surface area contributed by atoms with Gasteiger partial charge in [-0.1, -0.05) is 38.0 Å². The van der Waals surface area contributed by atoms with Crippen LogP contribution in [-0.4, -0.2) is 19.1 Å². The van der Waals surface area contributed by atoms with Gasteiger partial charge in [0.15, 0.2) is 11.5 Å². The Bertz CT molecular complexity index is 997. The molecule has 0 aromatic heterocycles. The lowest BCUT2D eigenvalue weighted by molar-refractivity contribution is -0.118. The highest BCUT2D eigenvalue weighted by atomic mass is 19.1. The van der Waals surface area contributed by atoms with Gasteiger partial charge in [0.25, 0.3) is 5.91 Å². The summed E-state index contributed by atoms with van der Waals surface area (Å²) >= 11 is 0. The topological polar surface area (TPSA) is 71.3 Å². The van der Waals surface area contributed by atoms with E-state index < -0.39 is 0 Å². The molecule has 0 heterocycles.